The number of fused-ring (bicyclic) bond motifs is 1. The van der Waals surface area contributed by atoms with E-state index in [9.17, 15) is 4.79 Å². The van der Waals surface area contributed by atoms with E-state index in [1.807, 2.05) is 18.5 Å². The Morgan fingerprint density at radius 1 is 1.33 bits per heavy atom. The van der Waals surface area contributed by atoms with Crippen LogP contribution in [0.15, 0.2) is 23.6 Å². The molecule has 0 aliphatic carbocycles. The number of aryl methyl sites for hydroxylation is 1. The van der Waals surface area contributed by atoms with Crippen LogP contribution in [0.4, 0.5) is 0 Å². The summed E-state index contributed by atoms with van der Waals surface area (Å²) in [5.41, 5.74) is 2.06. The first-order valence-electron chi connectivity index (χ1n) is 7.89. The van der Waals surface area contributed by atoms with Gasteiger partial charge in [-0.2, -0.15) is 0 Å². The molecule has 1 aromatic carbocycles. The minimum atomic E-state index is 0.0494. The molecule has 0 spiro atoms. The van der Waals surface area contributed by atoms with E-state index in [0.717, 1.165) is 12.0 Å². The zero-order chi connectivity index (χ0) is 17.1. The number of carbonyl (C=O) groups is 1. The van der Waals surface area contributed by atoms with Crippen LogP contribution in [0, 0.1) is 6.92 Å². The summed E-state index contributed by atoms with van der Waals surface area (Å²) in [6.45, 7) is 3.88. The van der Waals surface area contributed by atoms with Crippen LogP contribution in [0.5, 0.6) is 11.5 Å². The fourth-order valence-electron chi connectivity index (χ4n) is 2.57. The summed E-state index contributed by atoms with van der Waals surface area (Å²) in [5.74, 6) is 1.25. The van der Waals surface area contributed by atoms with Crippen LogP contribution in [-0.4, -0.2) is 31.1 Å². The molecule has 0 fully saturated rings. The number of hydrogen-bond acceptors (Lipinski definition) is 4. The molecule has 0 radical (unpaired) electrons. The monoisotopic (exact) mass is 365 g/mol. The third-order valence-corrected chi connectivity index (χ3v) is 5.28. The summed E-state index contributed by atoms with van der Waals surface area (Å²) in [4.78, 5) is 15.5. The van der Waals surface area contributed by atoms with Crippen LogP contribution in [0.1, 0.15) is 22.4 Å². The number of hydrogen-bond donors (Lipinski definition) is 0. The predicted molar refractivity (Wildman–Crippen MR) is 96.3 cm³/mol. The van der Waals surface area contributed by atoms with Gasteiger partial charge in [0.1, 0.15) is 0 Å². The van der Waals surface area contributed by atoms with Crippen LogP contribution >= 0.6 is 22.9 Å². The van der Waals surface area contributed by atoms with Crippen molar-refractivity contribution in [2.45, 2.75) is 26.3 Å². The van der Waals surface area contributed by atoms with Gasteiger partial charge in [-0.3, -0.25) is 4.79 Å². The highest BCUT2D eigenvalue weighted by molar-refractivity contribution is 7.10. The molecular weight excluding hydrogens is 346 g/mol. The maximum atomic E-state index is 12.5. The normalized spacial score (nSPS) is 13.5. The number of benzene rings is 1. The predicted octanol–water partition coefficient (Wildman–Crippen LogP) is 4.07. The molecule has 1 aromatic heterocycles. The number of thiophene rings is 1. The van der Waals surface area contributed by atoms with Gasteiger partial charge in [0.25, 0.3) is 0 Å². The van der Waals surface area contributed by atoms with Gasteiger partial charge in [0.05, 0.1) is 31.2 Å². The lowest BCUT2D eigenvalue weighted by molar-refractivity contribution is -0.129. The molecule has 3 rings (SSSR count). The van der Waals surface area contributed by atoms with E-state index >= 15 is 0 Å². The van der Waals surface area contributed by atoms with Crippen molar-refractivity contribution < 1.29 is 14.3 Å². The molecule has 2 aromatic rings. The summed E-state index contributed by atoms with van der Waals surface area (Å²) in [6, 6.07) is 5.72. The Morgan fingerprint density at radius 2 is 2.12 bits per heavy atom. The van der Waals surface area contributed by atoms with Gasteiger partial charge in [-0.1, -0.05) is 11.6 Å². The lowest BCUT2D eigenvalue weighted by atomic mass is 10.1. The molecule has 24 heavy (non-hydrogen) atoms. The first-order chi connectivity index (χ1) is 11.5. The Bertz CT molecular complexity index is 744. The molecule has 0 saturated carbocycles. The van der Waals surface area contributed by atoms with Crippen LogP contribution in [-0.2, 0) is 17.8 Å². The van der Waals surface area contributed by atoms with Crippen molar-refractivity contribution in [2.24, 2.45) is 0 Å². The summed E-state index contributed by atoms with van der Waals surface area (Å²) >= 11 is 7.96. The third kappa shape index (κ3) is 3.84. The fraction of sp³-hybridized carbons (Fsp3) is 0.389. The van der Waals surface area contributed by atoms with Crippen molar-refractivity contribution >= 4 is 28.8 Å². The van der Waals surface area contributed by atoms with Crippen LogP contribution in [0.2, 0.25) is 5.02 Å². The van der Waals surface area contributed by atoms with Crippen molar-refractivity contribution in [1.29, 1.82) is 0 Å². The minimum Gasteiger partial charge on any atom is -0.489 e. The second-order valence-electron chi connectivity index (χ2n) is 5.91. The van der Waals surface area contributed by atoms with Gasteiger partial charge in [0, 0.05) is 18.3 Å². The van der Waals surface area contributed by atoms with Crippen LogP contribution in [0.3, 0.4) is 0 Å². The molecule has 4 nitrogen and oxygen atoms in total. The fourth-order valence-corrected chi connectivity index (χ4v) is 3.81. The van der Waals surface area contributed by atoms with Crippen molar-refractivity contribution in [3.05, 3.63) is 44.6 Å². The number of nitrogens with zero attached hydrogens (tertiary/aromatic N) is 1. The first-order valence-corrected chi connectivity index (χ1v) is 9.15. The molecule has 128 valence electrons. The van der Waals surface area contributed by atoms with Crippen molar-refractivity contribution in [1.82, 2.24) is 4.90 Å². The highest BCUT2D eigenvalue weighted by Crippen LogP contribution is 2.38. The van der Waals surface area contributed by atoms with E-state index in [1.54, 1.807) is 22.3 Å². The molecule has 1 aliphatic heterocycles. The Morgan fingerprint density at radius 3 is 2.88 bits per heavy atom. The maximum Gasteiger partial charge on any atom is 0.227 e. The van der Waals surface area contributed by atoms with Gasteiger partial charge in [-0.15, -0.1) is 11.3 Å². The summed E-state index contributed by atoms with van der Waals surface area (Å²) < 4.78 is 11.3. The van der Waals surface area contributed by atoms with Gasteiger partial charge < -0.3 is 14.4 Å². The third-order valence-electron chi connectivity index (χ3n) is 3.99. The number of carbonyl (C=O) groups excluding carboxylic acids is 1. The molecular formula is C18H20ClNO3S. The van der Waals surface area contributed by atoms with E-state index in [2.05, 4.69) is 13.0 Å². The molecule has 1 amide bonds. The van der Waals surface area contributed by atoms with E-state index in [4.69, 9.17) is 21.1 Å². The molecule has 0 saturated heterocycles. The smallest absolute Gasteiger partial charge is 0.227 e. The quantitative estimate of drug-likeness (QED) is 0.819. The summed E-state index contributed by atoms with van der Waals surface area (Å²) in [7, 11) is 1.83. The second kappa shape index (κ2) is 7.45. The number of ether oxygens (including phenoxy) is 2. The molecule has 0 N–H and O–H groups in total. The van der Waals surface area contributed by atoms with Crippen molar-refractivity contribution in [2.75, 3.05) is 20.3 Å². The van der Waals surface area contributed by atoms with Gasteiger partial charge in [-0.25, -0.2) is 0 Å². The Hall–Kier alpha value is -1.72. The van der Waals surface area contributed by atoms with E-state index in [-0.39, 0.29) is 12.3 Å². The van der Waals surface area contributed by atoms with Crippen molar-refractivity contribution in [3.63, 3.8) is 0 Å². The average Bonchev–Trinajstić information content (AvgIpc) is 2.80. The second-order valence-corrected chi connectivity index (χ2v) is 7.32. The lowest BCUT2D eigenvalue weighted by Crippen LogP contribution is -2.27. The number of rotatable bonds is 4. The summed E-state index contributed by atoms with van der Waals surface area (Å²) in [5, 5.41) is 2.54. The Kier molecular flexibility index (Phi) is 5.31. The molecule has 1 aliphatic rings. The van der Waals surface area contributed by atoms with Crippen LogP contribution < -0.4 is 9.47 Å². The zero-order valence-electron chi connectivity index (χ0n) is 13.8. The molecule has 0 bridgehead atoms. The molecule has 0 unspecified atom stereocenters. The average molecular weight is 366 g/mol. The maximum absolute atomic E-state index is 12.5. The largest absolute Gasteiger partial charge is 0.489 e. The van der Waals surface area contributed by atoms with Crippen LogP contribution in [0.25, 0.3) is 0 Å². The van der Waals surface area contributed by atoms with E-state index in [0.29, 0.717) is 36.3 Å². The first kappa shape index (κ1) is 17.1. The number of likely N-dealkylation sites (N-methyl/N-ethyl adjacent to an activating group) is 1. The standard InChI is InChI=1S/C18H20ClNO3S/c1-12-4-7-24-16(12)11-20(2)17(21)10-13-8-14(19)18-15(9-13)22-5-3-6-23-18/h4,7-9H,3,5-6,10-11H2,1-2H3. The molecule has 2 heterocycles. The molecule has 0 atom stereocenters. The SMILES string of the molecule is Cc1ccsc1CN(C)C(=O)Cc1cc(Cl)c2c(c1)OCCCO2. The van der Waals surface area contributed by atoms with Gasteiger partial charge in [0.15, 0.2) is 11.5 Å². The molecule has 6 heteroatoms. The highest BCUT2D eigenvalue weighted by Gasteiger charge is 2.18. The minimum absolute atomic E-state index is 0.0494. The highest BCUT2D eigenvalue weighted by atomic mass is 35.5. The topological polar surface area (TPSA) is 38.8 Å². The Balaban J connectivity index is 1.71. The van der Waals surface area contributed by atoms with Gasteiger partial charge in [0.2, 0.25) is 5.91 Å². The van der Waals surface area contributed by atoms with Crippen molar-refractivity contribution in [3.8, 4) is 11.5 Å². The zero-order valence-corrected chi connectivity index (χ0v) is 15.4. The van der Waals surface area contributed by atoms with E-state index in [1.165, 1.54) is 10.4 Å². The number of halogens is 1. The number of amides is 1. The van der Waals surface area contributed by atoms with E-state index < -0.39 is 0 Å². The van der Waals surface area contributed by atoms with Gasteiger partial charge in [-0.05, 0) is 41.6 Å². The Labute approximate surface area is 150 Å². The summed E-state index contributed by atoms with van der Waals surface area (Å²) in [6.07, 6.45) is 1.11. The van der Waals surface area contributed by atoms with Gasteiger partial charge >= 0.3 is 0 Å². The lowest BCUT2D eigenvalue weighted by Gasteiger charge is -2.18.